The molecule has 0 rings (SSSR count). The van der Waals surface area contributed by atoms with Crippen molar-refractivity contribution in [3.05, 3.63) is 0 Å². The Morgan fingerprint density at radius 1 is 1.18 bits per heavy atom. The lowest BCUT2D eigenvalue weighted by molar-refractivity contribution is 0.203. The van der Waals surface area contributed by atoms with E-state index in [0.29, 0.717) is 13.2 Å². The third-order valence-corrected chi connectivity index (χ3v) is 1.98. The van der Waals surface area contributed by atoms with Crippen molar-refractivity contribution in [1.82, 2.24) is 5.50 Å². The van der Waals surface area contributed by atoms with Gasteiger partial charge in [-0.25, -0.2) is 4.57 Å². The van der Waals surface area contributed by atoms with Gasteiger partial charge in [-0.1, -0.05) is 13.8 Å². The van der Waals surface area contributed by atoms with Crippen molar-refractivity contribution in [3.63, 3.8) is 0 Å². The zero-order valence-electron chi connectivity index (χ0n) is 7.00. The predicted octanol–water partition coefficient (Wildman–Crippen LogP) is 2.23. The molecule has 0 fully saturated rings. The monoisotopic (exact) mass is 180 g/mol. The van der Waals surface area contributed by atoms with Gasteiger partial charge in [0.05, 0.1) is 13.2 Å². The zero-order valence-corrected chi connectivity index (χ0v) is 7.89. The molecule has 0 aromatic rings. The number of rotatable bonds is 6. The first-order valence-electron chi connectivity index (χ1n) is 3.76. The van der Waals surface area contributed by atoms with Crippen LogP contribution in [0.5, 0.6) is 0 Å². The highest BCUT2D eigenvalue weighted by Gasteiger charge is 2.17. The molecule has 1 radical (unpaired) electrons. The topological polar surface area (TPSA) is 59.3 Å². The molecule has 11 heavy (non-hydrogen) atoms. The quantitative estimate of drug-likeness (QED) is 0.589. The fraction of sp³-hybridized carbons (Fsp3) is 1.00. The van der Waals surface area contributed by atoms with Crippen molar-refractivity contribution in [2.24, 2.45) is 0 Å². The molecule has 0 atom stereocenters. The first-order valence-corrected chi connectivity index (χ1v) is 5.31. The molecule has 0 aromatic carbocycles. The fourth-order valence-electron chi connectivity index (χ4n) is 0.460. The fourth-order valence-corrected chi connectivity index (χ4v) is 1.38. The van der Waals surface area contributed by atoms with E-state index in [-0.39, 0.29) is 0 Å². The van der Waals surface area contributed by atoms with Gasteiger partial charge in [-0.2, -0.15) is 0 Å². The third-order valence-electron chi connectivity index (χ3n) is 0.931. The molecule has 0 amide bonds. The molecule has 67 valence electrons. The second kappa shape index (κ2) is 5.72. The maximum Gasteiger partial charge on any atom is 0.419 e. The smallest absolute Gasteiger partial charge is 0.296 e. The van der Waals surface area contributed by atoms with Gasteiger partial charge in [0.15, 0.2) is 0 Å². The second-order valence-electron chi connectivity index (χ2n) is 2.16. The molecule has 0 bridgehead atoms. The Labute approximate surface area is 67.7 Å². The normalized spacial score (nSPS) is 11.9. The van der Waals surface area contributed by atoms with Crippen LogP contribution in [0.1, 0.15) is 26.7 Å². The van der Waals surface area contributed by atoms with Crippen LogP contribution in [0.3, 0.4) is 0 Å². The van der Waals surface area contributed by atoms with Crippen LogP contribution in [0.4, 0.5) is 0 Å². The predicted molar refractivity (Wildman–Crippen MR) is 43.2 cm³/mol. The maximum atomic E-state index is 11.0. The minimum Gasteiger partial charge on any atom is -0.296 e. The van der Waals surface area contributed by atoms with Gasteiger partial charge in [0.25, 0.3) is 0 Å². The molecule has 0 saturated carbocycles. The summed E-state index contributed by atoms with van der Waals surface area (Å²) in [6.07, 6.45) is 1.50. The van der Waals surface area contributed by atoms with Crippen LogP contribution in [-0.4, -0.2) is 13.2 Å². The van der Waals surface area contributed by atoms with Crippen molar-refractivity contribution in [2.45, 2.75) is 26.7 Å². The molecule has 0 aliphatic rings. The summed E-state index contributed by atoms with van der Waals surface area (Å²) < 4.78 is 20.3. The molecular weight excluding hydrogens is 165 g/mol. The minimum atomic E-state index is -3.48. The van der Waals surface area contributed by atoms with Crippen molar-refractivity contribution in [1.29, 1.82) is 0 Å². The summed E-state index contributed by atoms with van der Waals surface area (Å²) in [4.78, 5) is 0. The van der Waals surface area contributed by atoms with Crippen molar-refractivity contribution in [2.75, 3.05) is 13.2 Å². The van der Waals surface area contributed by atoms with Crippen LogP contribution < -0.4 is 5.50 Å². The highest BCUT2D eigenvalue weighted by molar-refractivity contribution is 7.50. The second-order valence-corrected chi connectivity index (χ2v) is 3.68. The molecule has 0 saturated heterocycles. The summed E-state index contributed by atoms with van der Waals surface area (Å²) in [5, 5.41) is 0. The number of nitrogens with one attached hydrogen (secondary N) is 1. The van der Waals surface area contributed by atoms with Gasteiger partial charge in [0.1, 0.15) is 0 Å². The Morgan fingerprint density at radius 3 is 1.82 bits per heavy atom. The van der Waals surface area contributed by atoms with E-state index in [1.807, 2.05) is 13.8 Å². The minimum absolute atomic E-state index is 0.324. The van der Waals surface area contributed by atoms with Gasteiger partial charge >= 0.3 is 7.75 Å². The molecule has 5 heteroatoms. The lowest BCUT2D eigenvalue weighted by Gasteiger charge is -2.10. The van der Waals surface area contributed by atoms with Gasteiger partial charge in [-0.15, -0.1) is 5.50 Å². The first-order chi connectivity index (χ1) is 5.12. The summed E-state index contributed by atoms with van der Waals surface area (Å²) in [5.41, 5.74) is 7.04. The standard InChI is InChI=1S/C6H15NO3P/c1-3-5-9-11(7,8)10-6-4-2/h7H,3-6H2,1-2H3. The Kier molecular flexibility index (Phi) is 5.78. The van der Waals surface area contributed by atoms with E-state index >= 15 is 0 Å². The first kappa shape index (κ1) is 11.1. The third kappa shape index (κ3) is 6.51. The SMILES string of the molecule is CCCOP([NH])(=O)OCCC. The van der Waals surface area contributed by atoms with Crippen molar-refractivity contribution in [3.8, 4) is 0 Å². The molecule has 0 aliphatic heterocycles. The lowest BCUT2D eigenvalue weighted by atomic mass is 10.5. The molecule has 0 unspecified atom stereocenters. The lowest BCUT2D eigenvalue weighted by Crippen LogP contribution is -1.98. The highest BCUT2D eigenvalue weighted by atomic mass is 31.2. The Hall–Kier alpha value is 0.110. The van der Waals surface area contributed by atoms with E-state index in [1.54, 1.807) is 0 Å². The number of hydrogen-bond acceptors (Lipinski definition) is 3. The Balaban J connectivity index is 3.53. The van der Waals surface area contributed by atoms with E-state index in [9.17, 15) is 4.57 Å². The van der Waals surface area contributed by atoms with E-state index in [2.05, 4.69) is 9.05 Å². The van der Waals surface area contributed by atoms with E-state index in [0.717, 1.165) is 12.8 Å². The average molecular weight is 180 g/mol. The molecule has 1 N–H and O–H groups in total. The molecule has 0 aromatic heterocycles. The largest absolute Gasteiger partial charge is 0.419 e. The van der Waals surface area contributed by atoms with Gasteiger partial charge in [-0.3, -0.25) is 9.05 Å². The summed E-state index contributed by atoms with van der Waals surface area (Å²) >= 11 is 0. The van der Waals surface area contributed by atoms with Crippen LogP contribution in [0, 0.1) is 0 Å². The maximum absolute atomic E-state index is 11.0. The molecule has 4 nitrogen and oxygen atoms in total. The van der Waals surface area contributed by atoms with Crippen LogP contribution in [0.25, 0.3) is 0 Å². The molecule has 0 aliphatic carbocycles. The van der Waals surface area contributed by atoms with Gasteiger partial charge in [-0.05, 0) is 12.8 Å². The van der Waals surface area contributed by atoms with Gasteiger partial charge in [0.2, 0.25) is 0 Å². The van der Waals surface area contributed by atoms with E-state index < -0.39 is 7.75 Å². The average Bonchev–Trinajstić information content (AvgIpc) is 1.97. The van der Waals surface area contributed by atoms with Crippen LogP contribution in [0.15, 0.2) is 0 Å². The highest BCUT2D eigenvalue weighted by Crippen LogP contribution is 2.41. The molecule has 0 spiro atoms. The number of hydrogen-bond donors (Lipinski definition) is 0. The summed E-state index contributed by atoms with van der Waals surface area (Å²) in [7, 11) is -3.48. The van der Waals surface area contributed by atoms with Crippen LogP contribution in [-0.2, 0) is 13.6 Å². The molecular formula is C6H15NO3P. The van der Waals surface area contributed by atoms with Crippen molar-refractivity contribution < 1.29 is 13.6 Å². The molecule has 0 heterocycles. The van der Waals surface area contributed by atoms with Gasteiger partial charge in [0, 0.05) is 0 Å². The van der Waals surface area contributed by atoms with Gasteiger partial charge < -0.3 is 0 Å². The summed E-state index contributed by atoms with van der Waals surface area (Å²) in [6.45, 7) is 4.43. The summed E-state index contributed by atoms with van der Waals surface area (Å²) in [6, 6.07) is 0. The van der Waals surface area contributed by atoms with Crippen molar-refractivity contribution >= 4 is 7.75 Å². The van der Waals surface area contributed by atoms with Crippen LogP contribution in [0.2, 0.25) is 0 Å². The zero-order chi connectivity index (χ0) is 8.74. The van der Waals surface area contributed by atoms with E-state index in [1.165, 1.54) is 0 Å². The van der Waals surface area contributed by atoms with E-state index in [4.69, 9.17) is 5.50 Å². The Bertz CT molecular complexity index is 128. The summed E-state index contributed by atoms with van der Waals surface area (Å²) in [5.74, 6) is 0. The van der Waals surface area contributed by atoms with Crippen LogP contribution >= 0.6 is 7.75 Å². The Morgan fingerprint density at radius 2 is 1.55 bits per heavy atom.